The van der Waals surface area contributed by atoms with Crippen molar-refractivity contribution in [2.75, 3.05) is 55.7 Å². The van der Waals surface area contributed by atoms with E-state index in [1.165, 1.54) is 11.6 Å². The molecule has 4 heterocycles. The average molecular weight is 597 g/mol. The van der Waals surface area contributed by atoms with Gasteiger partial charge in [0.25, 0.3) is 5.69 Å². The number of carbonyl (C=O) groups is 1. The van der Waals surface area contributed by atoms with Crippen molar-refractivity contribution in [2.45, 2.75) is 32.4 Å². The van der Waals surface area contributed by atoms with Gasteiger partial charge in [-0.15, -0.1) is 0 Å². The van der Waals surface area contributed by atoms with Gasteiger partial charge >= 0.3 is 5.97 Å². The van der Waals surface area contributed by atoms with Gasteiger partial charge in [-0.1, -0.05) is 36.4 Å². The molecule has 0 radical (unpaired) electrons. The van der Waals surface area contributed by atoms with Gasteiger partial charge < -0.3 is 19.1 Å². The summed E-state index contributed by atoms with van der Waals surface area (Å²) in [7, 11) is 0. The molecule has 2 saturated heterocycles. The molecule has 2 aliphatic heterocycles. The number of hydrogen-bond acceptors (Lipinski definition) is 9. The molecule has 0 bridgehead atoms. The number of hydrogen-bond donors (Lipinski definition) is 0. The van der Waals surface area contributed by atoms with Gasteiger partial charge in [0.05, 0.1) is 22.4 Å². The van der Waals surface area contributed by atoms with E-state index in [-0.39, 0.29) is 29.3 Å². The molecule has 0 atom stereocenters. The van der Waals surface area contributed by atoms with Crippen LogP contribution >= 0.6 is 0 Å². The summed E-state index contributed by atoms with van der Waals surface area (Å²) in [6.07, 6.45) is 4.98. The molecule has 0 amide bonds. The molecule has 2 fully saturated rings. The number of esters is 1. The number of piperidine rings is 1. The molecule has 0 saturated carbocycles. The Kier molecular flexibility index (Phi) is 8.56. The lowest BCUT2D eigenvalue weighted by molar-refractivity contribution is -0.384. The van der Waals surface area contributed by atoms with E-state index in [4.69, 9.17) is 4.74 Å². The van der Waals surface area contributed by atoms with Crippen LogP contribution in [0.25, 0.3) is 10.9 Å². The van der Waals surface area contributed by atoms with Crippen LogP contribution in [0.15, 0.2) is 77.9 Å². The van der Waals surface area contributed by atoms with Crippen LogP contribution in [-0.4, -0.2) is 71.2 Å². The SMILES string of the molecule is CCOC(=O)c1cn(C2CCN(Cc3ccccc3)CC2)c2cc(N3CCN(c4ccccn4)CC3)c([N+](=O)[O-])cc2c1=O. The zero-order valence-electron chi connectivity index (χ0n) is 24.8. The maximum atomic E-state index is 13.6. The van der Waals surface area contributed by atoms with Gasteiger partial charge in [0.15, 0.2) is 0 Å². The Hall–Kier alpha value is -4.77. The fraction of sp³-hybridized carbons (Fsp3) is 0.364. The Morgan fingerprint density at radius 2 is 1.68 bits per heavy atom. The molecule has 0 unspecified atom stereocenters. The van der Waals surface area contributed by atoms with Crippen molar-refractivity contribution < 1.29 is 14.5 Å². The summed E-state index contributed by atoms with van der Waals surface area (Å²) in [5, 5.41) is 12.5. The molecule has 228 valence electrons. The number of piperazine rings is 1. The van der Waals surface area contributed by atoms with Crippen LogP contribution in [0.2, 0.25) is 0 Å². The van der Waals surface area contributed by atoms with Gasteiger partial charge in [-0.25, -0.2) is 9.78 Å². The highest BCUT2D eigenvalue weighted by Crippen LogP contribution is 2.36. The van der Waals surface area contributed by atoms with E-state index < -0.39 is 16.3 Å². The average Bonchev–Trinajstić information content (AvgIpc) is 3.06. The fourth-order valence-corrected chi connectivity index (χ4v) is 6.34. The van der Waals surface area contributed by atoms with Crippen LogP contribution in [0.4, 0.5) is 17.2 Å². The predicted octanol–water partition coefficient (Wildman–Crippen LogP) is 4.65. The highest BCUT2D eigenvalue weighted by atomic mass is 16.6. The van der Waals surface area contributed by atoms with E-state index >= 15 is 0 Å². The van der Waals surface area contributed by atoms with Gasteiger partial charge in [0, 0.05) is 70.3 Å². The van der Waals surface area contributed by atoms with E-state index in [1.807, 2.05) is 45.9 Å². The quantitative estimate of drug-likeness (QED) is 0.163. The zero-order valence-corrected chi connectivity index (χ0v) is 24.8. The third kappa shape index (κ3) is 6.00. The molecule has 44 heavy (non-hydrogen) atoms. The zero-order chi connectivity index (χ0) is 30.6. The highest BCUT2D eigenvalue weighted by Gasteiger charge is 2.30. The highest BCUT2D eigenvalue weighted by molar-refractivity contribution is 5.96. The summed E-state index contributed by atoms with van der Waals surface area (Å²) < 4.78 is 7.20. The van der Waals surface area contributed by atoms with Crippen LogP contribution < -0.4 is 15.2 Å². The summed E-state index contributed by atoms with van der Waals surface area (Å²) in [5.41, 5.74) is 1.53. The van der Waals surface area contributed by atoms with Crippen molar-refractivity contribution in [3.8, 4) is 0 Å². The number of likely N-dealkylation sites (tertiary alicyclic amines) is 1. The normalized spacial score (nSPS) is 16.3. The molecule has 0 aliphatic carbocycles. The first-order valence-corrected chi connectivity index (χ1v) is 15.1. The second-order valence-corrected chi connectivity index (χ2v) is 11.3. The van der Waals surface area contributed by atoms with Gasteiger partial charge in [0.2, 0.25) is 5.43 Å². The molecule has 2 aromatic heterocycles. The van der Waals surface area contributed by atoms with Crippen LogP contribution in [-0.2, 0) is 11.3 Å². The largest absolute Gasteiger partial charge is 0.462 e. The number of anilines is 2. The first-order chi connectivity index (χ1) is 21.4. The lowest BCUT2D eigenvalue weighted by Gasteiger charge is -2.37. The molecular weight excluding hydrogens is 560 g/mol. The number of rotatable bonds is 8. The number of aromatic nitrogens is 2. The minimum Gasteiger partial charge on any atom is -0.462 e. The predicted molar refractivity (Wildman–Crippen MR) is 169 cm³/mol. The van der Waals surface area contributed by atoms with Crippen molar-refractivity contribution in [1.82, 2.24) is 14.5 Å². The first kappa shape index (κ1) is 29.3. The Morgan fingerprint density at radius 1 is 0.977 bits per heavy atom. The van der Waals surface area contributed by atoms with Crippen molar-refractivity contribution >= 4 is 34.1 Å². The Bertz CT molecular complexity index is 1700. The number of ether oxygens (including phenoxy) is 1. The summed E-state index contributed by atoms with van der Waals surface area (Å²) in [5.74, 6) is 0.158. The third-order valence-electron chi connectivity index (χ3n) is 8.61. The van der Waals surface area contributed by atoms with Gasteiger partial charge in [-0.05, 0) is 43.5 Å². The van der Waals surface area contributed by atoms with E-state index in [0.717, 1.165) is 38.3 Å². The molecule has 0 N–H and O–H groups in total. The maximum Gasteiger partial charge on any atom is 0.343 e. The number of benzene rings is 2. The number of nitro groups is 1. The minimum atomic E-state index is -0.716. The summed E-state index contributed by atoms with van der Waals surface area (Å²) in [4.78, 5) is 49.4. The molecule has 4 aromatic rings. The lowest BCUT2D eigenvalue weighted by Crippen LogP contribution is -2.47. The van der Waals surface area contributed by atoms with Gasteiger partial charge in [-0.2, -0.15) is 0 Å². The van der Waals surface area contributed by atoms with E-state index in [9.17, 15) is 19.7 Å². The second-order valence-electron chi connectivity index (χ2n) is 11.3. The van der Waals surface area contributed by atoms with Crippen molar-refractivity contribution in [1.29, 1.82) is 0 Å². The van der Waals surface area contributed by atoms with Crippen LogP contribution in [0, 0.1) is 10.1 Å². The van der Waals surface area contributed by atoms with Gasteiger partial charge in [-0.3, -0.25) is 19.8 Å². The molecule has 11 nitrogen and oxygen atoms in total. The summed E-state index contributed by atoms with van der Waals surface area (Å²) in [6, 6.07) is 19.2. The summed E-state index contributed by atoms with van der Waals surface area (Å²) in [6.45, 7) is 6.78. The number of nitrogens with zero attached hydrogens (tertiary/aromatic N) is 6. The second kappa shape index (κ2) is 12.8. The van der Waals surface area contributed by atoms with Crippen LogP contribution in [0.5, 0.6) is 0 Å². The van der Waals surface area contributed by atoms with Crippen molar-refractivity contribution in [2.24, 2.45) is 0 Å². The molecule has 11 heteroatoms. The molecular formula is C33H36N6O5. The molecule has 0 spiro atoms. The van der Waals surface area contributed by atoms with Crippen molar-refractivity contribution in [3.63, 3.8) is 0 Å². The smallest absolute Gasteiger partial charge is 0.343 e. The minimum absolute atomic E-state index is 0.00797. The number of carbonyl (C=O) groups excluding carboxylic acids is 1. The lowest BCUT2D eigenvalue weighted by atomic mass is 10.0. The maximum absolute atomic E-state index is 13.6. The third-order valence-corrected chi connectivity index (χ3v) is 8.61. The van der Waals surface area contributed by atoms with E-state index in [0.29, 0.717) is 37.4 Å². The molecule has 2 aromatic carbocycles. The van der Waals surface area contributed by atoms with Crippen LogP contribution in [0.1, 0.15) is 41.7 Å². The molecule has 6 rings (SSSR count). The summed E-state index contributed by atoms with van der Waals surface area (Å²) >= 11 is 0. The molecule has 2 aliphatic rings. The monoisotopic (exact) mass is 596 g/mol. The van der Waals surface area contributed by atoms with E-state index in [1.54, 1.807) is 25.4 Å². The standard InChI is InChI=1S/C33H36N6O5/c1-2-44-33(41)27-23-38(25-11-14-35(15-12-25)22-24-8-4-3-5-9-24)28-21-29(30(39(42)43)20-26(28)32(27)40)36-16-18-37(19-17-36)31-10-6-7-13-34-31/h3-10,13,20-21,23,25H,2,11-12,14-19,22H2,1H3. The van der Waals surface area contributed by atoms with Gasteiger partial charge in [0.1, 0.15) is 17.1 Å². The van der Waals surface area contributed by atoms with E-state index in [2.05, 4.69) is 26.9 Å². The van der Waals surface area contributed by atoms with Crippen molar-refractivity contribution in [3.05, 3.63) is 105 Å². The first-order valence-electron chi connectivity index (χ1n) is 15.1. The Balaban J connectivity index is 1.35. The number of nitro benzene ring substituents is 1. The fourth-order valence-electron chi connectivity index (χ4n) is 6.34. The Morgan fingerprint density at radius 3 is 2.34 bits per heavy atom. The van der Waals surface area contributed by atoms with Crippen LogP contribution in [0.3, 0.4) is 0 Å². The number of fused-ring (bicyclic) bond motifs is 1. The Labute approximate surface area is 255 Å². The number of pyridine rings is 2. The topological polar surface area (TPSA) is 114 Å².